The Hall–Kier alpha value is -6.23. The number of carbonyl (C=O) groups is 4. The van der Waals surface area contributed by atoms with Crippen LogP contribution in [0.5, 0.6) is 5.88 Å². The minimum absolute atomic E-state index is 0.0210. The SMILES string of the molecule is Cc1cc2cc(n1)-c1c(C)nn(C)c1OCCC[C@@H](C)CN1/C(=N/C2=O)Nc2ccc(CN3CCN(C(=O)[C@@H]4CCN(c5cc(F)c([C@H]6CCC(=O)NC6=O)c(F)c5)C4)CC3)cc21. The van der Waals surface area contributed by atoms with Gasteiger partial charge in [0.25, 0.3) is 5.91 Å². The number of aryl methyl sites for hydroxylation is 3. The van der Waals surface area contributed by atoms with Crippen LogP contribution in [0.1, 0.15) is 77.8 Å². The monoisotopic (exact) mass is 862 g/mol. The lowest BCUT2D eigenvalue weighted by molar-refractivity contribution is -0.137. The van der Waals surface area contributed by atoms with E-state index in [1.165, 1.54) is 12.1 Å². The number of rotatable bonds is 5. The Bertz CT molecular complexity index is 2510. The molecular formula is C46H52F2N10O5. The fourth-order valence-corrected chi connectivity index (χ4v) is 9.66. The maximum atomic E-state index is 15.3. The minimum Gasteiger partial charge on any atom is -0.477 e. The maximum Gasteiger partial charge on any atom is 0.280 e. The van der Waals surface area contributed by atoms with Gasteiger partial charge < -0.3 is 24.8 Å². The first-order valence-electron chi connectivity index (χ1n) is 21.8. The average molecular weight is 863 g/mol. The number of piperidine rings is 1. The first kappa shape index (κ1) is 42.1. The highest BCUT2D eigenvalue weighted by Gasteiger charge is 2.36. The van der Waals surface area contributed by atoms with E-state index in [1.54, 1.807) is 16.8 Å². The summed E-state index contributed by atoms with van der Waals surface area (Å²) in [5.41, 5.74) is 6.20. The molecule has 5 aliphatic rings. The molecule has 63 heavy (non-hydrogen) atoms. The van der Waals surface area contributed by atoms with E-state index in [-0.39, 0.29) is 42.1 Å². The molecule has 2 bridgehead atoms. The Morgan fingerprint density at radius 2 is 1.70 bits per heavy atom. The summed E-state index contributed by atoms with van der Waals surface area (Å²) in [4.78, 5) is 69.1. The zero-order chi connectivity index (χ0) is 44.1. The number of amides is 4. The number of nitrogens with zero attached hydrogens (tertiary/aromatic N) is 8. The number of nitrogens with one attached hydrogen (secondary N) is 2. The molecule has 0 saturated carbocycles. The molecule has 2 aromatic carbocycles. The summed E-state index contributed by atoms with van der Waals surface area (Å²) < 4.78 is 38.6. The standard InChI is InChI=1S/C46H52F2N10O5/c1-26-6-5-17-63-45-40(28(3)53-54(45)4)37-20-31(18-27(2)49-37)42(60)52-46-50-36-9-7-29(19-38(36)58(46)23-26)24-55-13-15-56(16-14-55)44(62)30-11-12-57(25-30)32-21-34(47)41(35(48)22-32)33-8-10-39(59)51-43(33)61/h7,9,18-22,26,30,33H,5-6,8,10-17,23-25H2,1-4H3,(H,50,52,60)(H,51,59,61)/t26-,30-,33-/m1/s1. The molecule has 4 amide bonds. The zero-order valence-electron chi connectivity index (χ0n) is 36.0. The third-order valence-corrected chi connectivity index (χ3v) is 12.9. The molecule has 15 nitrogen and oxygen atoms in total. The molecule has 0 aliphatic carbocycles. The van der Waals surface area contributed by atoms with E-state index in [0.717, 1.165) is 41.0 Å². The first-order valence-corrected chi connectivity index (χ1v) is 21.8. The van der Waals surface area contributed by atoms with Crippen molar-refractivity contribution < 1.29 is 32.7 Å². The van der Waals surface area contributed by atoms with Crippen molar-refractivity contribution in [1.29, 1.82) is 0 Å². The summed E-state index contributed by atoms with van der Waals surface area (Å²) in [6, 6.07) is 12.2. The number of carbonyl (C=O) groups excluding carboxylic acids is 4. The number of imide groups is 1. The van der Waals surface area contributed by atoms with Crippen LogP contribution in [-0.4, -0.2) is 107 Å². The molecule has 3 atom stereocenters. The number of benzene rings is 2. The fraction of sp³-hybridized carbons (Fsp3) is 0.457. The third-order valence-electron chi connectivity index (χ3n) is 12.9. The lowest BCUT2D eigenvalue weighted by Crippen LogP contribution is -2.50. The molecule has 3 fully saturated rings. The Balaban J connectivity index is 0.845. The molecule has 0 radical (unpaired) electrons. The van der Waals surface area contributed by atoms with Crippen molar-refractivity contribution in [3.05, 3.63) is 82.2 Å². The van der Waals surface area contributed by atoms with E-state index in [4.69, 9.17) is 9.72 Å². The van der Waals surface area contributed by atoms with E-state index in [9.17, 15) is 19.2 Å². The smallest absolute Gasteiger partial charge is 0.280 e. The summed E-state index contributed by atoms with van der Waals surface area (Å²) in [5, 5.41) is 10.2. The van der Waals surface area contributed by atoms with E-state index in [1.807, 2.05) is 36.8 Å². The summed E-state index contributed by atoms with van der Waals surface area (Å²) >= 11 is 0. The van der Waals surface area contributed by atoms with Crippen LogP contribution in [0.15, 0.2) is 47.5 Å². The normalized spacial score (nSPS) is 22.8. The Morgan fingerprint density at radius 3 is 2.46 bits per heavy atom. The molecule has 17 heteroatoms. The number of fused-ring (bicyclic) bond motifs is 7. The lowest BCUT2D eigenvalue weighted by Gasteiger charge is -2.36. The van der Waals surface area contributed by atoms with Gasteiger partial charge in [-0.1, -0.05) is 13.0 Å². The van der Waals surface area contributed by atoms with E-state index >= 15 is 8.78 Å². The van der Waals surface area contributed by atoms with Gasteiger partial charge in [-0.05, 0) is 87.4 Å². The Kier molecular flexibility index (Phi) is 11.5. The van der Waals surface area contributed by atoms with Gasteiger partial charge in [0.15, 0.2) is 0 Å². The molecule has 2 N–H and O–H groups in total. The summed E-state index contributed by atoms with van der Waals surface area (Å²) in [6.45, 7) is 11.1. The van der Waals surface area contributed by atoms with E-state index in [2.05, 4.69) is 49.6 Å². The van der Waals surface area contributed by atoms with Gasteiger partial charge in [-0.25, -0.2) is 13.5 Å². The van der Waals surface area contributed by atoms with Crippen LogP contribution in [-0.2, 0) is 28.0 Å². The van der Waals surface area contributed by atoms with E-state index < -0.39 is 29.4 Å². The second-order valence-corrected chi connectivity index (χ2v) is 17.6. The molecule has 0 spiro atoms. The quantitative estimate of drug-likeness (QED) is 0.251. The second kappa shape index (κ2) is 17.1. The number of aromatic nitrogens is 3. The highest BCUT2D eigenvalue weighted by molar-refractivity contribution is 6.19. The van der Waals surface area contributed by atoms with Gasteiger partial charge in [0, 0.05) is 88.3 Å². The fourth-order valence-electron chi connectivity index (χ4n) is 9.66. The molecule has 2 aromatic heterocycles. The summed E-state index contributed by atoms with van der Waals surface area (Å²) in [7, 11) is 1.85. The minimum atomic E-state index is -1.07. The zero-order valence-corrected chi connectivity index (χ0v) is 36.0. The van der Waals surface area contributed by atoms with Gasteiger partial charge in [0.2, 0.25) is 29.6 Å². The molecule has 3 saturated heterocycles. The van der Waals surface area contributed by atoms with Crippen molar-refractivity contribution in [3.8, 4) is 17.1 Å². The second-order valence-electron chi connectivity index (χ2n) is 17.6. The van der Waals surface area contributed by atoms with Gasteiger partial charge in [0.1, 0.15) is 11.6 Å². The molecule has 0 unspecified atom stereocenters. The van der Waals surface area contributed by atoms with Crippen LogP contribution in [0.25, 0.3) is 11.3 Å². The van der Waals surface area contributed by atoms with Crippen molar-refractivity contribution >= 4 is 46.7 Å². The predicted octanol–water partition coefficient (Wildman–Crippen LogP) is 5.31. The van der Waals surface area contributed by atoms with E-state index in [0.29, 0.717) is 99.9 Å². The Morgan fingerprint density at radius 1 is 0.921 bits per heavy atom. The predicted molar refractivity (Wildman–Crippen MR) is 233 cm³/mol. The number of halogens is 2. The molecule has 330 valence electrons. The summed E-state index contributed by atoms with van der Waals surface area (Å²) in [5.74, 6) is -3.16. The van der Waals surface area contributed by atoms with Gasteiger partial charge >= 0.3 is 0 Å². The lowest BCUT2D eigenvalue weighted by atomic mass is 9.89. The maximum absolute atomic E-state index is 15.3. The van der Waals surface area contributed by atoms with Crippen LogP contribution in [0, 0.1) is 37.3 Å². The largest absolute Gasteiger partial charge is 0.477 e. The molecule has 7 heterocycles. The molecule has 9 rings (SSSR count). The number of pyridine rings is 1. The van der Waals surface area contributed by atoms with Crippen molar-refractivity contribution in [3.63, 3.8) is 0 Å². The van der Waals surface area contributed by atoms with Gasteiger partial charge in [-0.3, -0.25) is 34.4 Å². The van der Waals surface area contributed by atoms with Crippen molar-refractivity contribution in [2.75, 3.05) is 67.5 Å². The van der Waals surface area contributed by atoms with Crippen LogP contribution < -0.4 is 25.2 Å². The topological polar surface area (TPSA) is 158 Å². The van der Waals surface area contributed by atoms with Gasteiger partial charge in [0.05, 0.1) is 46.8 Å². The molecular weight excluding hydrogens is 811 g/mol. The van der Waals surface area contributed by atoms with Crippen LogP contribution in [0.3, 0.4) is 0 Å². The molecule has 5 aliphatic heterocycles. The first-order chi connectivity index (χ1) is 30.3. The average Bonchev–Trinajstić information content (AvgIpc) is 3.94. The number of aliphatic imine (C=N–C) groups is 1. The van der Waals surface area contributed by atoms with Gasteiger partial charge in [-0.2, -0.15) is 10.1 Å². The van der Waals surface area contributed by atoms with Crippen LogP contribution in [0.4, 0.5) is 25.8 Å². The van der Waals surface area contributed by atoms with Gasteiger partial charge in [-0.15, -0.1) is 0 Å². The van der Waals surface area contributed by atoms with Crippen molar-refractivity contribution in [2.45, 2.75) is 65.3 Å². The number of ether oxygens (including phenoxy) is 1. The van der Waals surface area contributed by atoms with Crippen LogP contribution >= 0.6 is 0 Å². The Labute approximate surface area is 364 Å². The highest BCUT2D eigenvalue weighted by atomic mass is 19.1. The number of guanidine groups is 1. The number of piperazine rings is 1. The third kappa shape index (κ3) is 8.50. The van der Waals surface area contributed by atoms with Crippen molar-refractivity contribution in [2.24, 2.45) is 23.9 Å². The number of anilines is 3. The summed E-state index contributed by atoms with van der Waals surface area (Å²) in [6.07, 6.45) is 2.35. The van der Waals surface area contributed by atoms with Crippen LogP contribution in [0.2, 0.25) is 0 Å². The highest BCUT2D eigenvalue weighted by Crippen LogP contribution is 2.38. The molecule has 4 aromatic rings. The van der Waals surface area contributed by atoms with Crippen molar-refractivity contribution in [1.82, 2.24) is 29.9 Å². The number of hydrogen-bond acceptors (Lipinski definition) is 11. The number of hydrogen-bond donors (Lipinski definition) is 2.